The van der Waals surface area contributed by atoms with Crippen LogP contribution in [0.3, 0.4) is 0 Å². The minimum Gasteiger partial charge on any atom is -0.497 e. The van der Waals surface area contributed by atoms with Crippen molar-refractivity contribution in [2.45, 2.75) is 18.6 Å². The number of anilines is 1. The van der Waals surface area contributed by atoms with Gasteiger partial charge in [-0.15, -0.1) is 17.8 Å². The fraction of sp³-hybridized carbons (Fsp3) is 0.381. The fourth-order valence-electron chi connectivity index (χ4n) is 3.40. The molecule has 0 aliphatic carbocycles. The quantitative estimate of drug-likeness (QED) is 0.580. The molecule has 0 spiro atoms. The maximum absolute atomic E-state index is 13.4. The van der Waals surface area contributed by atoms with E-state index in [9.17, 15) is 22.8 Å². The molecule has 33 heavy (non-hydrogen) atoms. The largest absolute Gasteiger partial charge is 0.497 e. The van der Waals surface area contributed by atoms with Gasteiger partial charge in [0.2, 0.25) is 5.91 Å². The number of aromatic nitrogens is 1. The molecule has 2 amide bonds. The van der Waals surface area contributed by atoms with Crippen LogP contribution in [0.5, 0.6) is 11.5 Å². The number of rotatable bonds is 8. The van der Waals surface area contributed by atoms with Gasteiger partial charge in [0.05, 0.1) is 19.4 Å². The molecular weight excluding hydrogens is 463 g/mol. The molecule has 2 heterocycles. The van der Waals surface area contributed by atoms with Gasteiger partial charge in [-0.2, -0.15) is 13.2 Å². The molecule has 1 aromatic carbocycles. The molecule has 12 heteroatoms. The van der Waals surface area contributed by atoms with Crippen molar-refractivity contribution in [3.63, 3.8) is 0 Å². The molecule has 1 unspecified atom stereocenters. The summed E-state index contributed by atoms with van der Waals surface area (Å²) in [5.74, 6) is 1.28. The lowest BCUT2D eigenvalue weighted by Gasteiger charge is -2.28. The van der Waals surface area contributed by atoms with E-state index in [2.05, 4.69) is 10.9 Å². The summed E-state index contributed by atoms with van der Waals surface area (Å²) < 4.78 is 49.4. The highest BCUT2D eigenvalue weighted by molar-refractivity contribution is 7.10. The van der Waals surface area contributed by atoms with Crippen molar-refractivity contribution in [2.24, 2.45) is 0 Å². The van der Waals surface area contributed by atoms with Crippen molar-refractivity contribution in [3.05, 3.63) is 34.3 Å². The van der Waals surface area contributed by atoms with Crippen molar-refractivity contribution >= 4 is 28.8 Å². The lowest BCUT2D eigenvalue weighted by Crippen LogP contribution is -2.47. The monoisotopic (exact) mass is 483 g/mol. The number of nitrogens with zero attached hydrogens (tertiary/aromatic N) is 3. The SMILES string of the molecule is C#Cc1nc(C(=O)N(c2cc(OC)cc(OCCO)c2)C2CCN(CC(F)(F)F)C2=O)cs1. The predicted octanol–water partition coefficient (Wildman–Crippen LogP) is 2.31. The van der Waals surface area contributed by atoms with E-state index in [0.717, 1.165) is 16.2 Å². The molecule has 0 saturated carbocycles. The number of carbonyl (C=O) groups is 2. The van der Waals surface area contributed by atoms with Gasteiger partial charge in [0.1, 0.15) is 36.4 Å². The lowest BCUT2D eigenvalue weighted by molar-refractivity contribution is -0.157. The third kappa shape index (κ3) is 5.74. The number of hydrogen-bond donors (Lipinski definition) is 1. The van der Waals surface area contributed by atoms with Crippen LogP contribution in [0, 0.1) is 12.3 Å². The Labute approximate surface area is 191 Å². The van der Waals surface area contributed by atoms with Crippen molar-refractivity contribution in [1.29, 1.82) is 0 Å². The zero-order valence-corrected chi connectivity index (χ0v) is 18.3. The van der Waals surface area contributed by atoms with Crippen LogP contribution in [-0.4, -0.2) is 72.4 Å². The first-order valence-corrected chi connectivity index (χ1v) is 10.6. The van der Waals surface area contributed by atoms with Crippen LogP contribution in [0.15, 0.2) is 23.6 Å². The van der Waals surface area contributed by atoms with Gasteiger partial charge in [-0.25, -0.2) is 4.98 Å². The molecule has 8 nitrogen and oxygen atoms in total. The number of methoxy groups -OCH3 is 1. The van der Waals surface area contributed by atoms with Crippen LogP contribution in [-0.2, 0) is 4.79 Å². The number of hydrogen-bond acceptors (Lipinski definition) is 7. The molecule has 1 N–H and O–H groups in total. The van der Waals surface area contributed by atoms with E-state index >= 15 is 0 Å². The van der Waals surface area contributed by atoms with Crippen molar-refractivity contribution in [3.8, 4) is 23.8 Å². The Kier molecular flexibility index (Phi) is 7.45. The van der Waals surface area contributed by atoms with Crippen LogP contribution in [0.1, 0.15) is 21.9 Å². The molecule has 1 saturated heterocycles. The maximum atomic E-state index is 13.4. The molecule has 0 radical (unpaired) electrons. The van der Waals surface area contributed by atoms with Crippen molar-refractivity contribution in [2.75, 3.05) is 38.3 Å². The van der Waals surface area contributed by atoms with Gasteiger partial charge < -0.3 is 19.5 Å². The highest BCUT2D eigenvalue weighted by Crippen LogP contribution is 2.34. The molecule has 1 fully saturated rings. The molecule has 0 bridgehead atoms. The topological polar surface area (TPSA) is 92.2 Å². The smallest absolute Gasteiger partial charge is 0.406 e. The second-order valence-electron chi connectivity index (χ2n) is 6.98. The van der Waals surface area contributed by atoms with Gasteiger partial charge in [0, 0.05) is 30.1 Å². The van der Waals surface area contributed by atoms with Gasteiger partial charge in [-0.3, -0.25) is 14.5 Å². The van der Waals surface area contributed by atoms with Crippen molar-refractivity contribution in [1.82, 2.24) is 9.88 Å². The molecule has 176 valence electrons. The van der Waals surface area contributed by atoms with E-state index in [-0.39, 0.29) is 54.1 Å². The Morgan fingerprint density at radius 3 is 2.73 bits per heavy atom. The minimum absolute atomic E-state index is 0.0170. The third-order valence-corrected chi connectivity index (χ3v) is 5.53. The number of thiazole rings is 1. The molecule has 1 atom stereocenters. The Morgan fingerprint density at radius 2 is 2.12 bits per heavy atom. The number of ether oxygens (including phenoxy) is 2. The van der Waals surface area contributed by atoms with Gasteiger partial charge >= 0.3 is 6.18 Å². The summed E-state index contributed by atoms with van der Waals surface area (Å²) in [7, 11) is 1.38. The lowest BCUT2D eigenvalue weighted by atomic mass is 10.1. The van der Waals surface area contributed by atoms with Gasteiger partial charge in [0.25, 0.3) is 5.91 Å². The number of likely N-dealkylation sites (tertiary alicyclic amines) is 1. The molecule has 2 aromatic rings. The number of aliphatic hydroxyl groups excluding tert-OH is 1. The van der Waals surface area contributed by atoms with Crippen LogP contribution < -0.4 is 14.4 Å². The summed E-state index contributed by atoms with van der Waals surface area (Å²) in [6.07, 6.45) is 0.739. The summed E-state index contributed by atoms with van der Waals surface area (Å²) in [5, 5.41) is 10.7. The van der Waals surface area contributed by atoms with Crippen molar-refractivity contribution < 1.29 is 37.3 Å². The predicted molar refractivity (Wildman–Crippen MR) is 113 cm³/mol. The molecule has 1 aliphatic heterocycles. The third-order valence-electron chi connectivity index (χ3n) is 4.76. The zero-order chi connectivity index (χ0) is 24.2. The Bertz CT molecular complexity index is 1070. The second kappa shape index (κ2) is 10.1. The molecular formula is C21H20F3N3O5S. The number of alkyl halides is 3. The standard InChI is InChI=1S/C21H20F3N3O5S/c1-3-18-25-16(11-33-18)19(29)27(17-4-5-26(20(17)30)12-21(22,23)24)13-8-14(31-2)10-15(9-13)32-7-6-28/h1,8-11,17,28H,4-7,12H2,2H3. The van der Waals surface area contributed by atoms with Crippen LogP contribution >= 0.6 is 11.3 Å². The first-order valence-electron chi connectivity index (χ1n) is 9.70. The highest BCUT2D eigenvalue weighted by atomic mass is 32.1. The summed E-state index contributed by atoms with van der Waals surface area (Å²) in [4.78, 5) is 32.1. The van der Waals surface area contributed by atoms with E-state index in [1.54, 1.807) is 0 Å². The molecule has 1 aromatic heterocycles. The van der Waals surface area contributed by atoms with Gasteiger partial charge in [0.15, 0.2) is 5.01 Å². The number of carbonyl (C=O) groups excluding carboxylic acids is 2. The van der Waals surface area contributed by atoms with Crippen LogP contribution in [0.4, 0.5) is 18.9 Å². The zero-order valence-electron chi connectivity index (χ0n) is 17.5. The van der Waals surface area contributed by atoms with E-state index in [0.29, 0.717) is 4.90 Å². The summed E-state index contributed by atoms with van der Waals surface area (Å²) in [5.41, 5.74) is 0.116. The number of amides is 2. The second-order valence-corrected chi connectivity index (χ2v) is 7.83. The van der Waals surface area contributed by atoms with E-state index in [4.69, 9.17) is 21.0 Å². The average Bonchev–Trinajstić information content (AvgIpc) is 3.39. The summed E-state index contributed by atoms with van der Waals surface area (Å²) >= 11 is 1.05. The number of aliphatic hydroxyl groups is 1. The normalized spacial score (nSPS) is 15.9. The van der Waals surface area contributed by atoms with Crippen LogP contribution in [0.2, 0.25) is 0 Å². The first kappa shape index (κ1) is 24.3. The average molecular weight is 483 g/mol. The number of benzene rings is 1. The van der Waals surface area contributed by atoms with Crippen LogP contribution in [0.25, 0.3) is 0 Å². The minimum atomic E-state index is -4.57. The Hall–Kier alpha value is -3.30. The summed E-state index contributed by atoms with van der Waals surface area (Å²) in [6.45, 7) is -1.89. The molecule has 3 rings (SSSR count). The van der Waals surface area contributed by atoms with E-state index in [1.807, 2.05) is 0 Å². The Balaban J connectivity index is 2.04. The number of terminal acetylenes is 1. The first-order chi connectivity index (χ1) is 15.7. The highest BCUT2D eigenvalue weighted by Gasteiger charge is 2.44. The Morgan fingerprint density at radius 1 is 1.39 bits per heavy atom. The fourth-order valence-corrected chi connectivity index (χ4v) is 3.99. The van der Waals surface area contributed by atoms with Gasteiger partial charge in [-0.1, -0.05) is 0 Å². The van der Waals surface area contributed by atoms with Gasteiger partial charge in [-0.05, 0) is 12.3 Å². The van der Waals surface area contributed by atoms with E-state index < -0.39 is 30.6 Å². The number of halogens is 3. The summed E-state index contributed by atoms with van der Waals surface area (Å²) in [6, 6.07) is 3.20. The van der Waals surface area contributed by atoms with E-state index in [1.165, 1.54) is 30.7 Å². The maximum Gasteiger partial charge on any atom is 0.406 e. The molecule has 1 aliphatic rings.